The van der Waals surface area contributed by atoms with E-state index in [-0.39, 0.29) is 18.5 Å². The molecule has 2 N–H and O–H groups in total. The van der Waals surface area contributed by atoms with Crippen molar-refractivity contribution in [1.29, 1.82) is 5.41 Å². The SMILES string of the molecule is CCOC(=O)COc1ccccc1/C=C1/C(=O)NC(=N)N1C. The molecule has 1 amide bonds. The number of hydrogen-bond acceptors (Lipinski definition) is 5. The van der Waals surface area contributed by atoms with Gasteiger partial charge in [0.05, 0.1) is 6.61 Å². The van der Waals surface area contributed by atoms with E-state index in [1.165, 1.54) is 4.90 Å². The van der Waals surface area contributed by atoms with Gasteiger partial charge in [0.15, 0.2) is 6.61 Å². The third kappa shape index (κ3) is 3.43. The van der Waals surface area contributed by atoms with Gasteiger partial charge in [-0.3, -0.25) is 15.5 Å². The van der Waals surface area contributed by atoms with E-state index in [9.17, 15) is 9.59 Å². The average Bonchev–Trinajstić information content (AvgIpc) is 2.73. The lowest BCUT2D eigenvalue weighted by Gasteiger charge is -2.11. The number of likely N-dealkylation sites (N-methyl/N-ethyl adjacent to an activating group) is 1. The lowest BCUT2D eigenvalue weighted by atomic mass is 10.1. The molecule has 1 heterocycles. The molecule has 7 heteroatoms. The van der Waals surface area contributed by atoms with Gasteiger partial charge < -0.3 is 14.4 Å². The minimum Gasteiger partial charge on any atom is -0.481 e. The Kier molecular flexibility index (Phi) is 4.77. The standard InChI is InChI=1S/C15H17N3O4/c1-3-21-13(19)9-22-12-7-5-4-6-10(12)8-11-14(20)17-15(16)18(11)2/h4-8H,3,9H2,1-2H3,(H2,16,17,20)/b11-8-. The van der Waals surface area contributed by atoms with E-state index in [4.69, 9.17) is 14.9 Å². The van der Waals surface area contributed by atoms with Crippen molar-refractivity contribution in [2.45, 2.75) is 6.92 Å². The summed E-state index contributed by atoms with van der Waals surface area (Å²) in [6.07, 6.45) is 1.61. The van der Waals surface area contributed by atoms with Gasteiger partial charge in [-0.15, -0.1) is 0 Å². The van der Waals surface area contributed by atoms with Crippen LogP contribution in [0, 0.1) is 5.41 Å². The molecule has 2 rings (SSSR count). The number of nitrogens with zero attached hydrogens (tertiary/aromatic N) is 1. The first-order valence-electron chi connectivity index (χ1n) is 6.75. The highest BCUT2D eigenvalue weighted by Gasteiger charge is 2.27. The van der Waals surface area contributed by atoms with Crippen LogP contribution in [0.3, 0.4) is 0 Å². The third-order valence-electron chi connectivity index (χ3n) is 3.02. The van der Waals surface area contributed by atoms with Gasteiger partial charge in [-0.25, -0.2) is 4.79 Å². The van der Waals surface area contributed by atoms with Gasteiger partial charge in [0, 0.05) is 12.6 Å². The van der Waals surface area contributed by atoms with E-state index >= 15 is 0 Å². The molecule has 1 aliphatic rings. The molecule has 0 atom stereocenters. The fourth-order valence-electron chi connectivity index (χ4n) is 1.91. The normalized spacial score (nSPS) is 15.9. The van der Waals surface area contributed by atoms with Gasteiger partial charge in [0.25, 0.3) is 5.91 Å². The highest BCUT2D eigenvalue weighted by Crippen LogP contribution is 2.23. The summed E-state index contributed by atoms with van der Waals surface area (Å²) in [4.78, 5) is 24.6. The van der Waals surface area contributed by atoms with Gasteiger partial charge in [-0.2, -0.15) is 0 Å². The fourth-order valence-corrected chi connectivity index (χ4v) is 1.91. The molecule has 1 aliphatic heterocycles. The Hall–Kier alpha value is -2.83. The second-order valence-corrected chi connectivity index (χ2v) is 4.52. The zero-order chi connectivity index (χ0) is 16.1. The Balaban J connectivity index is 2.20. The molecular weight excluding hydrogens is 286 g/mol. The quantitative estimate of drug-likeness (QED) is 0.624. The van der Waals surface area contributed by atoms with Crippen LogP contribution in [-0.4, -0.2) is 43.0 Å². The molecule has 1 fully saturated rings. The summed E-state index contributed by atoms with van der Waals surface area (Å²) < 4.78 is 10.2. The zero-order valence-electron chi connectivity index (χ0n) is 12.4. The summed E-state index contributed by atoms with van der Waals surface area (Å²) in [5, 5.41) is 9.99. The summed E-state index contributed by atoms with van der Waals surface area (Å²) >= 11 is 0. The molecule has 0 unspecified atom stereocenters. The van der Waals surface area contributed by atoms with Crippen molar-refractivity contribution < 1.29 is 19.1 Å². The maximum atomic E-state index is 11.8. The summed E-state index contributed by atoms with van der Waals surface area (Å²) in [6.45, 7) is 1.81. The predicted molar refractivity (Wildman–Crippen MR) is 80.2 cm³/mol. The zero-order valence-corrected chi connectivity index (χ0v) is 12.4. The molecule has 7 nitrogen and oxygen atoms in total. The van der Waals surface area contributed by atoms with Crippen LogP contribution in [-0.2, 0) is 14.3 Å². The first-order valence-corrected chi connectivity index (χ1v) is 6.75. The first kappa shape index (κ1) is 15.6. The fraction of sp³-hybridized carbons (Fsp3) is 0.267. The smallest absolute Gasteiger partial charge is 0.344 e. The molecule has 0 aliphatic carbocycles. The van der Waals surface area contributed by atoms with Crippen LogP contribution in [0.4, 0.5) is 0 Å². The van der Waals surface area contributed by atoms with Crippen LogP contribution in [0.15, 0.2) is 30.0 Å². The molecule has 0 aromatic heterocycles. The Morgan fingerprint density at radius 1 is 1.41 bits per heavy atom. The minimum absolute atomic E-state index is 0.0150. The van der Waals surface area contributed by atoms with Gasteiger partial charge in [-0.05, 0) is 19.1 Å². The number of hydrogen-bond donors (Lipinski definition) is 2. The Morgan fingerprint density at radius 3 is 2.77 bits per heavy atom. The Labute approximate surface area is 128 Å². The number of amides is 1. The maximum Gasteiger partial charge on any atom is 0.344 e. The minimum atomic E-state index is -0.456. The molecular formula is C15H17N3O4. The predicted octanol–water partition coefficient (Wildman–Crippen LogP) is 0.966. The monoisotopic (exact) mass is 303 g/mol. The maximum absolute atomic E-state index is 11.8. The van der Waals surface area contributed by atoms with Crippen LogP contribution < -0.4 is 10.1 Å². The van der Waals surface area contributed by atoms with Crippen molar-refractivity contribution >= 4 is 23.9 Å². The number of rotatable bonds is 5. The molecule has 22 heavy (non-hydrogen) atoms. The number of nitrogens with one attached hydrogen (secondary N) is 2. The number of para-hydroxylation sites is 1. The molecule has 1 saturated heterocycles. The van der Waals surface area contributed by atoms with Gasteiger partial charge >= 0.3 is 5.97 Å². The van der Waals surface area contributed by atoms with Crippen molar-refractivity contribution in [3.63, 3.8) is 0 Å². The number of carbonyl (C=O) groups excluding carboxylic acids is 2. The molecule has 0 spiro atoms. The number of benzene rings is 1. The second kappa shape index (κ2) is 6.75. The van der Waals surface area contributed by atoms with Crippen molar-refractivity contribution in [1.82, 2.24) is 10.2 Å². The summed E-state index contributed by atoms with van der Waals surface area (Å²) in [5.74, 6) is -0.334. The number of ether oxygens (including phenoxy) is 2. The summed E-state index contributed by atoms with van der Waals surface area (Å²) in [7, 11) is 1.62. The topological polar surface area (TPSA) is 91.7 Å². The lowest BCUT2D eigenvalue weighted by Crippen LogP contribution is -2.25. The molecule has 0 radical (unpaired) electrons. The van der Waals surface area contributed by atoms with Crippen LogP contribution in [0.5, 0.6) is 5.75 Å². The number of esters is 1. The summed E-state index contributed by atoms with van der Waals surface area (Å²) in [6, 6.07) is 7.02. The van der Waals surface area contributed by atoms with Crippen LogP contribution in [0.2, 0.25) is 0 Å². The largest absolute Gasteiger partial charge is 0.481 e. The highest BCUT2D eigenvalue weighted by molar-refractivity contribution is 6.14. The van der Waals surface area contributed by atoms with Crippen molar-refractivity contribution in [2.24, 2.45) is 0 Å². The highest BCUT2D eigenvalue weighted by atomic mass is 16.6. The van der Waals surface area contributed by atoms with Gasteiger partial charge in [-0.1, -0.05) is 18.2 Å². The lowest BCUT2D eigenvalue weighted by molar-refractivity contribution is -0.145. The van der Waals surface area contributed by atoms with Gasteiger partial charge in [0.1, 0.15) is 11.4 Å². The molecule has 0 saturated carbocycles. The molecule has 116 valence electrons. The van der Waals surface area contributed by atoms with Gasteiger partial charge in [0.2, 0.25) is 5.96 Å². The Bertz CT molecular complexity index is 639. The molecule has 1 aromatic carbocycles. The number of guanidine groups is 1. The van der Waals surface area contributed by atoms with E-state index in [0.29, 0.717) is 23.6 Å². The van der Waals surface area contributed by atoms with E-state index in [0.717, 1.165) is 0 Å². The molecule has 0 bridgehead atoms. The molecule has 1 aromatic rings. The Morgan fingerprint density at radius 2 is 2.14 bits per heavy atom. The van der Waals surface area contributed by atoms with E-state index < -0.39 is 5.97 Å². The number of carbonyl (C=O) groups is 2. The van der Waals surface area contributed by atoms with Crippen molar-refractivity contribution in [2.75, 3.05) is 20.3 Å². The second-order valence-electron chi connectivity index (χ2n) is 4.52. The van der Waals surface area contributed by atoms with Crippen molar-refractivity contribution in [3.05, 3.63) is 35.5 Å². The van der Waals surface area contributed by atoms with E-state index in [2.05, 4.69) is 5.32 Å². The van der Waals surface area contributed by atoms with E-state index in [1.54, 1.807) is 44.3 Å². The first-order chi connectivity index (χ1) is 10.5. The van der Waals surface area contributed by atoms with Crippen molar-refractivity contribution in [3.8, 4) is 5.75 Å². The van der Waals surface area contributed by atoms with Crippen LogP contribution >= 0.6 is 0 Å². The van der Waals surface area contributed by atoms with Crippen LogP contribution in [0.1, 0.15) is 12.5 Å². The average molecular weight is 303 g/mol. The van der Waals surface area contributed by atoms with Crippen LogP contribution in [0.25, 0.3) is 6.08 Å². The third-order valence-corrected chi connectivity index (χ3v) is 3.02. The van der Waals surface area contributed by atoms with E-state index in [1.807, 2.05) is 0 Å². The summed E-state index contributed by atoms with van der Waals surface area (Å²) in [5.41, 5.74) is 0.968.